The molecule has 0 aliphatic carbocycles. The lowest BCUT2D eigenvalue weighted by atomic mass is 10.3. The molecule has 0 spiro atoms. The van der Waals surface area contributed by atoms with Crippen LogP contribution in [0.1, 0.15) is 10.4 Å². The van der Waals surface area contributed by atoms with E-state index in [9.17, 15) is 8.42 Å². The molecular weight excluding hydrogens is 374 g/mol. The lowest BCUT2D eigenvalue weighted by molar-refractivity contribution is 0.171. The van der Waals surface area contributed by atoms with Crippen LogP contribution in [0, 0.1) is 0 Å². The molecule has 0 atom stereocenters. The molecule has 26 heavy (non-hydrogen) atoms. The zero-order valence-corrected chi connectivity index (χ0v) is 15.5. The number of hydrogen-bond acceptors (Lipinski definition) is 6. The van der Waals surface area contributed by atoms with Gasteiger partial charge in [0.05, 0.1) is 17.4 Å². The zero-order valence-electron chi connectivity index (χ0n) is 13.8. The molecule has 3 heterocycles. The summed E-state index contributed by atoms with van der Waals surface area (Å²) < 4.78 is 44.1. The maximum atomic E-state index is 13.3. The van der Waals surface area contributed by atoms with Crippen LogP contribution in [0.25, 0.3) is 0 Å². The lowest BCUT2D eigenvalue weighted by Crippen LogP contribution is -2.30. The first kappa shape index (κ1) is 17.1. The summed E-state index contributed by atoms with van der Waals surface area (Å²) in [7, 11) is -3.72. The molecule has 1 aliphatic heterocycles. The van der Waals surface area contributed by atoms with Crippen LogP contribution in [-0.4, -0.2) is 25.9 Å². The Morgan fingerprint density at radius 2 is 1.88 bits per heavy atom. The van der Waals surface area contributed by atoms with Gasteiger partial charge in [0.2, 0.25) is 10.0 Å². The van der Waals surface area contributed by atoms with E-state index in [0.29, 0.717) is 31.3 Å². The Bertz CT molecular complexity index is 929. The van der Waals surface area contributed by atoms with Gasteiger partial charge in [-0.3, -0.25) is 0 Å². The van der Waals surface area contributed by atoms with Crippen LogP contribution < -0.4 is 9.47 Å². The van der Waals surface area contributed by atoms with Crippen molar-refractivity contribution in [3.63, 3.8) is 0 Å². The molecule has 0 bridgehead atoms. The van der Waals surface area contributed by atoms with E-state index in [-0.39, 0.29) is 11.4 Å². The van der Waals surface area contributed by atoms with Gasteiger partial charge < -0.3 is 13.9 Å². The third kappa shape index (κ3) is 3.48. The van der Waals surface area contributed by atoms with Gasteiger partial charge in [-0.05, 0) is 29.6 Å². The van der Waals surface area contributed by atoms with Crippen LogP contribution in [0.2, 0.25) is 0 Å². The molecule has 0 radical (unpaired) electrons. The summed E-state index contributed by atoms with van der Waals surface area (Å²) in [5.74, 6) is 1.02. The maximum absolute atomic E-state index is 13.3. The Morgan fingerprint density at radius 3 is 2.62 bits per heavy atom. The Balaban J connectivity index is 1.68. The molecular formula is C18H17NO5S2. The highest BCUT2D eigenvalue weighted by Gasteiger charge is 2.27. The smallest absolute Gasteiger partial charge is 0.243 e. The van der Waals surface area contributed by atoms with Gasteiger partial charge in [-0.15, -0.1) is 11.3 Å². The molecule has 1 aromatic carbocycles. The quantitative estimate of drug-likeness (QED) is 0.643. The van der Waals surface area contributed by atoms with Gasteiger partial charge in [0.15, 0.2) is 11.5 Å². The summed E-state index contributed by atoms with van der Waals surface area (Å²) in [5.41, 5.74) is 0.794. The fourth-order valence-corrected chi connectivity index (χ4v) is 4.95. The van der Waals surface area contributed by atoms with E-state index in [4.69, 9.17) is 13.9 Å². The van der Waals surface area contributed by atoms with Crippen molar-refractivity contribution in [2.75, 3.05) is 13.2 Å². The Labute approximate surface area is 155 Å². The lowest BCUT2D eigenvalue weighted by Gasteiger charge is -2.23. The molecule has 8 heteroatoms. The number of ether oxygens (including phenoxy) is 2. The van der Waals surface area contributed by atoms with E-state index in [1.54, 1.807) is 24.5 Å². The minimum Gasteiger partial charge on any atom is -0.486 e. The predicted octanol–water partition coefficient (Wildman–Crippen LogP) is 3.50. The minimum atomic E-state index is -3.72. The summed E-state index contributed by atoms with van der Waals surface area (Å²) in [6.07, 6.45) is 3.09. The normalized spacial score (nSPS) is 13.9. The number of sulfonamides is 1. The maximum Gasteiger partial charge on any atom is 0.243 e. The summed E-state index contributed by atoms with van der Waals surface area (Å²) >= 11 is 1.52. The highest BCUT2D eigenvalue weighted by atomic mass is 32.2. The van der Waals surface area contributed by atoms with Crippen molar-refractivity contribution in [1.29, 1.82) is 0 Å². The topological polar surface area (TPSA) is 69.0 Å². The molecule has 0 fully saturated rings. The number of fused-ring (bicyclic) bond motifs is 1. The van der Waals surface area contributed by atoms with E-state index < -0.39 is 10.0 Å². The monoisotopic (exact) mass is 391 g/mol. The van der Waals surface area contributed by atoms with Crippen molar-refractivity contribution < 1.29 is 22.3 Å². The molecule has 4 rings (SSSR count). The summed E-state index contributed by atoms with van der Waals surface area (Å²) in [6, 6.07) is 10.3. The molecule has 2 aromatic heterocycles. The second kappa shape index (κ2) is 7.14. The van der Waals surface area contributed by atoms with Crippen molar-refractivity contribution in [1.82, 2.24) is 4.31 Å². The van der Waals surface area contributed by atoms with Gasteiger partial charge >= 0.3 is 0 Å². The van der Waals surface area contributed by atoms with Crippen molar-refractivity contribution in [2.45, 2.75) is 18.0 Å². The number of rotatable bonds is 6. The van der Waals surface area contributed by atoms with Crippen LogP contribution in [0.15, 0.2) is 63.6 Å². The average molecular weight is 391 g/mol. The number of nitrogens with zero attached hydrogens (tertiary/aromatic N) is 1. The van der Waals surface area contributed by atoms with Gasteiger partial charge in [-0.25, -0.2) is 8.42 Å². The second-order valence-corrected chi connectivity index (χ2v) is 8.76. The SMILES string of the molecule is O=S(=O)(c1ccc2c(c1)OCCO2)N(Cc1ccoc1)Cc1cccs1. The fourth-order valence-electron chi connectivity index (χ4n) is 2.72. The van der Waals surface area contributed by atoms with Crippen molar-refractivity contribution in [3.05, 3.63) is 64.7 Å². The molecule has 6 nitrogen and oxygen atoms in total. The van der Waals surface area contributed by atoms with E-state index in [1.807, 2.05) is 17.5 Å². The first-order valence-electron chi connectivity index (χ1n) is 8.06. The fraction of sp³-hybridized carbons (Fsp3) is 0.222. The number of hydrogen-bond donors (Lipinski definition) is 0. The van der Waals surface area contributed by atoms with E-state index in [0.717, 1.165) is 10.4 Å². The molecule has 0 saturated heterocycles. The molecule has 3 aromatic rings. The van der Waals surface area contributed by atoms with Gasteiger partial charge in [-0.1, -0.05) is 6.07 Å². The molecule has 1 aliphatic rings. The van der Waals surface area contributed by atoms with Crippen LogP contribution in [-0.2, 0) is 23.1 Å². The first-order chi connectivity index (χ1) is 12.6. The standard InChI is InChI=1S/C18H17NO5S2/c20-26(21,16-3-4-17-18(10-16)24-8-7-23-17)19(11-14-5-6-22-13-14)12-15-2-1-9-25-15/h1-6,9-10,13H,7-8,11-12H2. The molecule has 0 unspecified atom stereocenters. The highest BCUT2D eigenvalue weighted by molar-refractivity contribution is 7.89. The van der Waals surface area contributed by atoms with Crippen LogP contribution in [0.3, 0.4) is 0 Å². The van der Waals surface area contributed by atoms with Gasteiger partial charge in [0.1, 0.15) is 13.2 Å². The molecule has 0 amide bonds. The molecule has 0 saturated carbocycles. The third-order valence-electron chi connectivity index (χ3n) is 4.00. The number of thiophene rings is 1. The molecule has 136 valence electrons. The first-order valence-corrected chi connectivity index (χ1v) is 10.4. The summed E-state index contributed by atoms with van der Waals surface area (Å²) in [6.45, 7) is 1.39. The van der Waals surface area contributed by atoms with Gasteiger partial charge in [-0.2, -0.15) is 4.31 Å². The van der Waals surface area contributed by atoms with Crippen LogP contribution in [0.4, 0.5) is 0 Å². The van der Waals surface area contributed by atoms with E-state index >= 15 is 0 Å². The van der Waals surface area contributed by atoms with E-state index in [2.05, 4.69) is 0 Å². The Morgan fingerprint density at radius 1 is 1.04 bits per heavy atom. The Kier molecular flexibility index (Phi) is 4.71. The molecule has 0 N–H and O–H groups in total. The zero-order chi connectivity index (χ0) is 18.0. The number of furan rings is 1. The summed E-state index contributed by atoms with van der Waals surface area (Å²) in [5, 5.41) is 1.93. The number of benzene rings is 1. The van der Waals surface area contributed by atoms with Crippen LogP contribution in [0.5, 0.6) is 11.5 Å². The van der Waals surface area contributed by atoms with Crippen molar-refractivity contribution >= 4 is 21.4 Å². The van der Waals surface area contributed by atoms with Gasteiger partial charge in [0, 0.05) is 29.6 Å². The minimum absolute atomic E-state index is 0.182. The van der Waals surface area contributed by atoms with Crippen molar-refractivity contribution in [3.8, 4) is 11.5 Å². The van der Waals surface area contributed by atoms with E-state index in [1.165, 1.54) is 28.0 Å². The third-order valence-corrected chi connectivity index (χ3v) is 6.65. The van der Waals surface area contributed by atoms with Gasteiger partial charge in [0.25, 0.3) is 0 Å². The largest absolute Gasteiger partial charge is 0.486 e. The highest BCUT2D eigenvalue weighted by Crippen LogP contribution is 2.34. The second-order valence-electron chi connectivity index (χ2n) is 5.79. The van der Waals surface area contributed by atoms with Crippen molar-refractivity contribution in [2.24, 2.45) is 0 Å². The average Bonchev–Trinajstić information content (AvgIpc) is 3.35. The summed E-state index contributed by atoms with van der Waals surface area (Å²) in [4.78, 5) is 1.15. The van der Waals surface area contributed by atoms with Crippen LogP contribution >= 0.6 is 11.3 Å². The Hall–Kier alpha value is -2.29. The predicted molar refractivity (Wildman–Crippen MR) is 96.9 cm³/mol.